The van der Waals surface area contributed by atoms with Crippen LogP contribution in [-0.4, -0.2) is 23.3 Å². The number of halogens is 1. The smallest absolute Gasteiger partial charge is 0.251 e. The molecule has 6 heteroatoms. The van der Waals surface area contributed by atoms with Gasteiger partial charge in [-0.1, -0.05) is 6.07 Å². The van der Waals surface area contributed by atoms with Gasteiger partial charge in [0.25, 0.3) is 5.91 Å². The van der Waals surface area contributed by atoms with Crippen molar-refractivity contribution in [3.63, 3.8) is 0 Å². The van der Waals surface area contributed by atoms with Crippen LogP contribution in [0.2, 0.25) is 0 Å². The summed E-state index contributed by atoms with van der Waals surface area (Å²) in [6.45, 7) is 1.70. The van der Waals surface area contributed by atoms with Crippen LogP contribution in [0.5, 0.6) is 0 Å². The zero-order chi connectivity index (χ0) is 15.2. The van der Waals surface area contributed by atoms with Gasteiger partial charge in [-0.25, -0.2) is 9.37 Å². The van der Waals surface area contributed by atoms with Crippen molar-refractivity contribution in [2.24, 2.45) is 0 Å². The zero-order valence-corrected chi connectivity index (χ0v) is 11.4. The number of hydrogen-bond donors (Lipinski definition) is 2. The lowest BCUT2D eigenvalue weighted by Crippen LogP contribution is -2.33. The van der Waals surface area contributed by atoms with Gasteiger partial charge < -0.3 is 10.6 Å². The third-order valence-electron chi connectivity index (χ3n) is 2.69. The highest BCUT2D eigenvalue weighted by Gasteiger charge is 2.08. The second kappa shape index (κ2) is 6.60. The van der Waals surface area contributed by atoms with Crippen molar-refractivity contribution in [1.82, 2.24) is 10.3 Å². The first-order chi connectivity index (χ1) is 10.0. The van der Waals surface area contributed by atoms with Crippen LogP contribution in [0.4, 0.5) is 10.2 Å². The summed E-state index contributed by atoms with van der Waals surface area (Å²) in [7, 11) is 0. The minimum Gasteiger partial charge on any atom is -0.343 e. The first-order valence-corrected chi connectivity index (χ1v) is 6.31. The number of aromatic nitrogens is 1. The monoisotopic (exact) mass is 287 g/mol. The average Bonchev–Trinajstić information content (AvgIpc) is 2.48. The zero-order valence-electron chi connectivity index (χ0n) is 11.4. The molecule has 5 nitrogen and oxygen atoms in total. The molecule has 0 spiro atoms. The van der Waals surface area contributed by atoms with Crippen LogP contribution in [0.15, 0.2) is 42.6 Å². The van der Waals surface area contributed by atoms with Crippen molar-refractivity contribution >= 4 is 17.6 Å². The van der Waals surface area contributed by atoms with E-state index in [9.17, 15) is 14.0 Å². The number of rotatable bonds is 4. The van der Waals surface area contributed by atoms with Gasteiger partial charge >= 0.3 is 0 Å². The average molecular weight is 287 g/mol. The van der Waals surface area contributed by atoms with E-state index >= 15 is 0 Å². The fourth-order valence-electron chi connectivity index (χ4n) is 1.59. The number of amides is 2. The Morgan fingerprint density at radius 1 is 1.14 bits per heavy atom. The highest BCUT2D eigenvalue weighted by molar-refractivity contribution is 5.98. The van der Waals surface area contributed by atoms with Crippen LogP contribution in [0, 0.1) is 12.7 Å². The Balaban J connectivity index is 1.84. The molecule has 0 unspecified atom stereocenters. The number of nitrogens with one attached hydrogen (secondary N) is 2. The summed E-state index contributed by atoms with van der Waals surface area (Å²) in [5.74, 6) is -0.833. The molecule has 2 rings (SSSR count). The lowest BCUT2D eigenvalue weighted by Gasteiger charge is -2.06. The van der Waals surface area contributed by atoms with Crippen molar-refractivity contribution in [2.45, 2.75) is 6.92 Å². The van der Waals surface area contributed by atoms with Crippen molar-refractivity contribution in [3.05, 3.63) is 59.5 Å². The summed E-state index contributed by atoms with van der Waals surface area (Å²) in [5, 5.41) is 5.01. The predicted molar refractivity (Wildman–Crippen MR) is 76.3 cm³/mol. The van der Waals surface area contributed by atoms with Gasteiger partial charge in [-0.2, -0.15) is 0 Å². The van der Waals surface area contributed by atoms with Crippen LogP contribution < -0.4 is 10.6 Å². The van der Waals surface area contributed by atoms with Crippen molar-refractivity contribution < 1.29 is 14.0 Å². The number of aryl methyl sites for hydroxylation is 1. The van der Waals surface area contributed by atoms with E-state index in [2.05, 4.69) is 15.6 Å². The summed E-state index contributed by atoms with van der Waals surface area (Å²) in [4.78, 5) is 27.4. The molecule has 2 amide bonds. The molecule has 0 fully saturated rings. The minimum absolute atomic E-state index is 0.189. The first kappa shape index (κ1) is 14.6. The molecule has 108 valence electrons. The topological polar surface area (TPSA) is 71.1 Å². The van der Waals surface area contributed by atoms with E-state index in [-0.39, 0.29) is 18.0 Å². The Hall–Kier alpha value is -2.76. The lowest BCUT2D eigenvalue weighted by molar-refractivity contribution is -0.115. The summed E-state index contributed by atoms with van der Waals surface area (Å²) in [5.41, 5.74) is 1.27. The van der Waals surface area contributed by atoms with Crippen LogP contribution in [0.25, 0.3) is 0 Å². The third-order valence-corrected chi connectivity index (χ3v) is 2.69. The normalized spacial score (nSPS) is 10.0. The Morgan fingerprint density at radius 2 is 1.86 bits per heavy atom. The Bertz CT molecular complexity index is 639. The number of benzene rings is 1. The summed E-state index contributed by atoms with van der Waals surface area (Å²) in [6.07, 6.45) is 1.63. The maximum absolute atomic E-state index is 12.7. The number of carbonyl (C=O) groups excluding carboxylic acids is 2. The molecular weight excluding hydrogens is 273 g/mol. The van der Waals surface area contributed by atoms with Gasteiger partial charge in [-0.05, 0) is 42.8 Å². The minimum atomic E-state index is -0.443. The summed E-state index contributed by atoms with van der Waals surface area (Å²) in [6, 6.07) is 8.57. The van der Waals surface area contributed by atoms with E-state index in [1.54, 1.807) is 12.3 Å². The molecule has 2 N–H and O–H groups in total. The molecule has 21 heavy (non-hydrogen) atoms. The van der Waals surface area contributed by atoms with Gasteiger partial charge in [0.05, 0.1) is 6.54 Å². The number of nitrogens with zero attached hydrogens (tertiary/aromatic N) is 1. The van der Waals surface area contributed by atoms with Crippen molar-refractivity contribution in [2.75, 3.05) is 11.9 Å². The Kier molecular flexibility index (Phi) is 4.61. The van der Waals surface area contributed by atoms with Crippen LogP contribution in [0.3, 0.4) is 0 Å². The van der Waals surface area contributed by atoms with Crippen LogP contribution in [-0.2, 0) is 4.79 Å². The molecule has 0 atom stereocenters. The van der Waals surface area contributed by atoms with E-state index < -0.39 is 11.7 Å². The maximum Gasteiger partial charge on any atom is 0.251 e. The number of anilines is 1. The fourth-order valence-corrected chi connectivity index (χ4v) is 1.59. The lowest BCUT2D eigenvalue weighted by atomic mass is 10.2. The Morgan fingerprint density at radius 3 is 2.48 bits per heavy atom. The number of pyridine rings is 1. The molecule has 1 aromatic heterocycles. The Labute approximate surface area is 121 Å². The second-order valence-corrected chi connectivity index (χ2v) is 4.46. The van der Waals surface area contributed by atoms with Gasteiger partial charge in [0.1, 0.15) is 11.6 Å². The van der Waals surface area contributed by atoms with Gasteiger partial charge in [-0.3, -0.25) is 9.59 Å². The van der Waals surface area contributed by atoms with E-state index in [1.165, 1.54) is 24.3 Å². The molecule has 0 saturated carbocycles. The highest BCUT2D eigenvalue weighted by atomic mass is 19.1. The second-order valence-electron chi connectivity index (χ2n) is 4.46. The van der Waals surface area contributed by atoms with Crippen LogP contribution in [0.1, 0.15) is 15.9 Å². The molecule has 2 aromatic rings. The van der Waals surface area contributed by atoms with Gasteiger partial charge in [-0.15, -0.1) is 0 Å². The molecule has 0 radical (unpaired) electrons. The molecule has 0 aliphatic carbocycles. The van der Waals surface area contributed by atoms with Gasteiger partial charge in [0.15, 0.2) is 0 Å². The molecular formula is C15H14FN3O2. The maximum atomic E-state index is 12.7. The van der Waals surface area contributed by atoms with Gasteiger partial charge in [0, 0.05) is 11.8 Å². The molecule has 0 aliphatic rings. The SMILES string of the molecule is Cc1ccc(NC(=O)CNC(=O)c2ccc(F)cc2)nc1. The molecule has 1 heterocycles. The fraction of sp³-hybridized carbons (Fsp3) is 0.133. The quantitative estimate of drug-likeness (QED) is 0.902. The van der Waals surface area contributed by atoms with E-state index in [4.69, 9.17) is 0 Å². The van der Waals surface area contributed by atoms with Crippen LogP contribution >= 0.6 is 0 Å². The molecule has 0 saturated heterocycles. The van der Waals surface area contributed by atoms with Crippen molar-refractivity contribution in [3.8, 4) is 0 Å². The standard InChI is InChI=1S/C15H14FN3O2/c1-10-2-7-13(17-8-10)19-14(20)9-18-15(21)11-3-5-12(16)6-4-11/h2-8H,9H2,1H3,(H,18,21)(H,17,19,20). The number of hydrogen-bond acceptors (Lipinski definition) is 3. The highest BCUT2D eigenvalue weighted by Crippen LogP contribution is 2.04. The third kappa shape index (κ3) is 4.38. The molecule has 0 bridgehead atoms. The van der Waals surface area contributed by atoms with E-state index in [1.807, 2.05) is 13.0 Å². The summed E-state index contributed by atoms with van der Waals surface area (Å²) < 4.78 is 12.7. The number of carbonyl (C=O) groups is 2. The van der Waals surface area contributed by atoms with E-state index in [0.717, 1.165) is 5.56 Å². The predicted octanol–water partition coefficient (Wildman–Crippen LogP) is 1.90. The summed E-state index contributed by atoms with van der Waals surface area (Å²) >= 11 is 0. The molecule has 0 aliphatic heterocycles. The largest absolute Gasteiger partial charge is 0.343 e. The van der Waals surface area contributed by atoms with Crippen molar-refractivity contribution in [1.29, 1.82) is 0 Å². The van der Waals surface area contributed by atoms with E-state index in [0.29, 0.717) is 5.82 Å². The van der Waals surface area contributed by atoms with Gasteiger partial charge in [0.2, 0.25) is 5.91 Å². The molecule has 1 aromatic carbocycles. The first-order valence-electron chi connectivity index (χ1n) is 6.31.